The molecule has 2 aromatic heterocycles. The molecule has 2 rings (SSSR count). The molecule has 94 valence electrons. The largest absolute Gasteiger partial charge is 0.329 e. The van der Waals surface area contributed by atoms with Gasteiger partial charge in [-0.25, -0.2) is 4.79 Å². The molecule has 5 nitrogen and oxygen atoms in total. The molecule has 0 bridgehead atoms. The number of hydrogen-bond acceptors (Lipinski definition) is 3. The van der Waals surface area contributed by atoms with Crippen LogP contribution in [0.5, 0.6) is 0 Å². The first-order valence-corrected chi connectivity index (χ1v) is 5.91. The average molecular weight is 266 g/mol. The van der Waals surface area contributed by atoms with Crippen LogP contribution in [-0.4, -0.2) is 14.5 Å². The van der Waals surface area contributed by atoms with Gasteiger partial charge in [0.15, 0.2) is 0 Å². The highest BCUT2D eigenvalue weighted by atomic mass is 35.5. The first-order valence-electron chi connectivity index (χ1n) is 5.54. The lowest BCUT2D eigenvalue weighted by Gasteiger charge is -2.07. The third kappa shape index (κ3) is 2.36. The first kappa shape index (κ1) is 12.6. The first-order chi connectivity index (χ1) is 8.63. The van der Waals surface area contributed by atoms with Crippen LogP contribution in [-0.2, 0) is 13.0 Å². The molecule has 2 heterocycles. The predicted molar refractivity (Wildman–Crippen MR) is 69.0 cm³/mol. The van der Waals surface area contributed by atoms with Crippen LogP contribution >= 0.6 is 11.6 Å². The summed E-state index contributed by atoms with van der Waals surface area (Å²) in [6, 6.07) is 3.56. The normalized spacial score (nSPS) is 10.6. The summed E-state index contributed by atoms with van der Waals surface area (Å²) in [6.07, 6.45) is 3.73. The number of nitrogens with one attached hydrogen (secondary N) is 1. The minimum atomic E-state index is -0.508. The van der Waals surface area contributed by atoms with Crippen LogP contribution in [0, 0.1) is 0 Å². The zero-order valence-electron chi connectivity index (χ0n) is 9.81. The fourth-order valence-corrected chi connectivity index (χ4v) is 2.01. The standard InChI is InChI=1S/C12H12ClN3O2/c1-2-9-10(13)15-12(18)16(11(9)17)7-8-4-3-5-14-6-8/h3-6H,2,7H2,1H3,(H,15,18). The van der Waals surface area contributed by atoms with E-state index in [1.54, 1.807) is 24.5 Å². The number of nitrogens with zero attached hydrogens (tertiary/aromatic N) is 2. The molecule has 0 aliphatic rings. The van der Waals surface area contributed by atoms with Crippen LogP contribution in [0.2, 0.25) is 5.15 Å². The fourth-order valence-electron chi connectivity index (χ4n) is 1.71. The Morgan fingerprint density at radius 2 is 2.22 bits per heavy atom. The Labute approximate surface area is 108 Å². The second-order valence-electron chi connectivity index (χ2n) is 3.83. The molecule has 0 fully saturated rings. The van der Waals surface area contributed by atoms with Gasteiger partial charge in [-0.15, -0.1) is 0 Å². The number of H-pyrrole nitrogens is 1. The predicted octanol–water partition coefficient (Wildman–Crippen LogP) is 1.20. The molecule has 0 aliphatic heterocycles. The number of pyridine rings is 1. The molecule has 1 N–H and O–H groups in total. The van der Waals surface area contributed by atoms with E-state index in [4.69, 9.17) is 11.6 Å². The molecular weight excluding hydrogens is 254 g/mol. The van der Waals surface area contributed by atoms with E-state index in [1.807, 2.05) is 6.92 Å². The van der Waals surface area contributed by atoms with Crippen molar-refractivity contribution < 1.29 is 0 Å². The summed E-state index contributed by atoms with van der Waals surface area (Å²) in [6.45, 7) is 2.00. The van der Waals surface area contributed by atoms with Gasteiger partial charge in [-0.05, 0) is 18.1 Å². The minimum Gasteiger partial charge on any atom is -0.297 e. The molecule has 0 unspecified atom stereocenters. The highest BCUT2D eigenvalue weighted by molar-refractivity contribution is 6.30. The van der Waals surface area contributed by atoms with E-state index in [0.29, 0.717) is 12.0 Å². The summed E-state index contributed by atoms with van der Waals surface area (Å²) < 4.78 is 1.13. The summed E-state index contributed by atoms with van der Waals surface area (Å²) in [5.74, 6) is 0. The van der Waals surface area contributed by atoms with E-state index in [9.17, 15) is 9.59 Å². The molecule has 0 spiro atoms. The maximum absolute atomic E-state index is 12.1. The van der Waals surface area contributed by atoms with Gasteiger partial charge in [0, 0.05) is 12.4 Å². The van der Waals surface area contributed by atoms with Gasteiger partial charge in [-0.3, -0.25) is 19.3 Å². The zero-order chi connectivity index (χ0) is 13.1. The smallest absolute Gasteiger partial charge is 0.297 e. The molecule has 0 aliphatic carbocycles. The van der Waals surface area contributed by atoms with Crippen molar-refractivity contribution >= 4 is 11.6 Å². The Morgan fingerprint density at radius 1 is 1.44 bits per heavy atom. The van der Waals surface area contributed by atoms with Crippen LogP contribution in [0.1, 0.15) is 18.1 Å². The van der Waals surface area contributed by atoms with Crippen molar-refractivity contribution in [3.8, 4) is 0 Å². The summed E-state index contributed by atoms with van der Waals surface area (Å²) in [4.78, 5) is 30.2. The third-order valence-electron chi connectivity index (χ3n) is 2.65. The van der Waals surface area contributed by atoms with Crippen molar-refractivity contribution in [2.75, 3.05) is 0 Å². The number of rotatable bonds is 3. The molecule has 6 heteroatoms. The van der Waals surface area contributed by atoms with Crippen molar-refractivity contribution in [1.82, 2.24) is 14.5 Å². The number of hydrogen-bond donors (Lipinski definition) is 1. The topological polar surface area (TPSA) is 67.8 Å². The monoisotopic (exact) mass is 265 g/mol. The maximum Gasteiger partial charge on any atom is 0.329 e. The van der Waals surface area contributed by atoms with E-state index >= 15 is 0 Å². The lowest BCUT2D eigenvalue weighted by atomic mass is 10.2. The molecule has 0 radical (unpaired) electrons. The quantitative estimate of drug-likeness (QED) is 0.848. The lowest BCUT2D eigenvalue weighted by Crippen LogP contribution is -2.37. The summed E-state index contributed by atoms with van der Waals surface area (Å²) >= 11 is 5.83. The zero-order valence-corrected chi connectivity index (χ0v) is 10.6. The SMILES string of the molecule is CCc1c(Cl)[nH]c(=O)n(Cc2cccnc2)c1=O. The number of halogens is 1. The van der Waals surface area contributed by atoms with E-state index in [0.717, 1.165) is 10.1 Å². The Balaban J connectivity index is 2.52. The molecule has 0 amide bonds. The summed E-state index contributed by atoms with van der Waals surface area (Å²) in [7, 11) is 0. The van der Waals surface area contributed by atoms with Crippen LogP contribution in [0.3, 0.4) is 0 Å². The lowest BCUT2D eigenvalue weighted by molar-refractivity contribution is 0.684. The Hall–Kier alpha value is -1.88. The van der Waals surface area contributed by atoms with E-state index in [2.05, 4.69) is 9.97 Å². The van der Waals surface area contributed by atoms with Gasteiger partial charge < -0.3 is 0 Å². The second kappa shape index (κ2) is 5.18. The summed E-state index contributed by atoms with van der Waals surface area (Å²) in [5, 5.41) is 0.120. The van der Waals surface area contributed by atoms with E-state index in [1.165, 1.54) is 0 Å². The number of aromatic nitrogens is 3. The fraction of sp³-hybridized carbons (Fsp3) is 0.250. The third-order valence-corrected chi connectivity index (χ3v) is 2.97. The van der Waals surface area contributed by atoms with Crippen LogP contribution < -0.4 is 11.2 Å². The van der Waals surface area contributed by atoms with Crippen molar-refractivity contribution in [1.29, 1.82) is 0 Å². The van der Waals surface area contributed by atoms with Crippen LogP contribution in [0.4, 0.5) is 0 Å². The Bertz CT molecular complexity index is 661. The maximum atomic E-state index is 12.1. The minimum absolute atomic E-state index is 0.120. The molecule has 0 saturated carbocycles. The van der Waals surface area contributed by atoms with Gasteiger partial charge in [-0.1, -0.05) is 24.6 Å². The van der Waals surface area contributed by atoms with Gasteiger partial charge in [0.2, 0.25) is 0 Å². The van der Waals surface area contributed by atoms with Crippen molar-refractivity contribution in [2.45, 2.75) is 19.9 Å². The van der Waals surface area contributed by atoms with Crippen LogP contribution in [0.15, 0.2) is 34.1 Å². The molecule has 0 atom stereocenters. The van der Waals surface area contributed by atoms with Gasteiger partial charge in [0.1, 0.15) is 5.15 Å². The van der Waals surface area contributed by atoms with Gasteiger partial charge in [-0.2, -0.15) is 0 Å². The van der Waals surface area contributed by atoms with Crippen molar-refractivity contribution in [3.05, 3.63) is 61.6 Å². The van der Waals surface area contributed by atoms with Gasteiger partial charge in [0.25, 0.3) is 5.56 Å². The second-order valence-corrected chi connectivity index (χ2v) is 4.21. The van der Waals surface area contributed by atoms with Gasteiger partial charge in [0.05, 0.1) is 12.1 Å². The van der Waals surface area contributed by atoms with E-state index < -0.39 is 5.69 Å². The van der Waals surface area contributed by atoms with Crippen LogP contribution in [0.25, 0.3) is 0 Å². The van der Waals surface area contributed by atoms with Crippen molar-refractivity contribution in [3.63, 3.8) is 0 Å². The highest BCUT2D eigenvalue weighted by Gasteiger charge is 2.11. The summed E-state index contributed by atoms with van der Waals surface area (Å²) in [5.41, 5.74) is 0.343. The molecule has 18 heavy (non-hydrogen) atoms. The Kier molecular flexibility index (Phi) is 3.62. The molecular formula is C12H12ClN3O2. The molecule has 2 aromatic rings. The highest BCUT2D eigenvalue weighted by Crippen LogP contribution is 2.06. The van der Waals surface area contributed by atoms with E-state index in [-0.39, 0.29) is 17.3 Å². The molecule has 0 saturated heterocycles. The average Bonchev–Trinajstić information content (AvgIpc) is 2.36. The Morgan fingerprint density at radius 3 is 2.83 bits per heavy atom. The van der Waals surface area contributed by atoms with Gasteiger partial charge >= 0.3 is 5.69 Å². The molecule has 0 aromatic carbocycles. The number of aromatic amines is 1. The van der Waals surface area contributed by atoms with Crippen molar-refractivity contribution in [2.24, 2.45) is 0 Å².